The highest BCUT2D eigenvalue weighted by molar-refractivity contribution is 14.0. The Labute approximate surface area is 166 Å². The molecule has 0 aromatic heterocycles. The fraction of sp³-hybridized carbons (Fsp3) is 0.588. The molecule has 0 spiro atoms. The predicted molar refractivity (Wildman–Crippen MR) is 110 cm³/mol. The van der Waals surface area contributed by atoms with Crippen LogP contribution in [0.4, 0.5) is 0 Å². The third-order valence-corrected chi connectivity index (χ3v) is 3.97. The van der Waals surface area contributed by atoms with E-state index >= 15 is 0 Å². The minimum absolute atomic E-state index is 0. The van der Waals surface area contributed by atoms with E-state index in [-0.39, 0.29) is 24.0 Å². The first-order valence-corrected chi connectivity index (χ1v) is 8.28. The smallest absolute Gasteiger partial charge is 0.188 e. The van der Waals surface area contributed by atoms with Gasteiger partial charge in [0.25, 0.3) is 0 Å². The molecule has 1 aromatic rings. The Morgan fingerprint density at radius 2 is 2.04 bits per heavy atom. The number of rotatable bonds is 8. The topological polar surface area (TPSA) is 81.3 Å². The SMILES string of the molecule is COc1cccc(CN=C(N)NCCCN2CCOCC2)c1OC.I. The maximum atomic E-state index is 5.94. The Bertz CT molecular complexity index is 537. The number of nitrogens with two attached hydrogens (primary N) is 1. The van der Waals surface area contributed by atoms with Gasteiger partial charge in [-0.1, -0.05) is 12.1 Å². The van der Waals surface area contributed by atoms with Crippen LogP contribution in [0.2, 0.25) is 0 Å². The van der Waals surface area contributed by atoms with Crippen molar-refractivity contribution in [2.45, 2.75) is 13.0 Å². The summed E-state index contributed by atoms with van der Waals surface area (Å²) in [6, 6.07) is 5.73. The first kappa shape index (κ1) is 21.8. The van der Waals surface area contributed by atoms with Gasteiger partial charge in [-0.3, -0.25) is 4.90 Å². The summed E-state index contributed by atoms with van der Waals surface area (Å²) in [6.45, 7) is 6.00. The van der Waals surface area contributed by atoms with Crippen LogP contribution >= 0.6 is 24.0 Å². The molecule has 3 N–H and O–H groups in total. The van der Waals surface area contributed by atoms with Crippen molar-refractivity contribution < 1.29 is 14.2 Å². The van der Waals surface area contributed by atoms with Gasteiger partial charge >= 0.3 is 0 Å². The molecule has 1 aliphatic heterocycles. The summed E-state index contributed by atoms with van der Waals surface area (Å²) in [5, 5.41) is 3.16. The van der Waals surface area contributed by atoms with Crippen molar-refractivity contribution in [2.24, 2.45) is 10.7 Å². The fourth-order valence-corrected chi connectivity index (χ4v) is 2.65. The number of para-hydroxylation sites is 1. The predicted octanol–water partition coefficient (Wildman–Crippen LogP) is 1.45. The van der Waals surface area contributed by atoms with Crippen LogP contribution in [0.5, 0.6) is 11.5 Å². The van der Waals surface area contributed by atoms with E-state index in [1.165, 1.54) is 0 Å². The molecule has 1 aliphatic rings. The average molecular weight is 464 g/mol. The molecule has 0 radical (unpaired) electrons. The van der Waals surface area contributed by atoms with Crippen LogP contribution in [0.15, 0.2) is 23.2 Å². The zero-order chi connectivity index (χ0) is 17.2. The number of nitrogens with one attached hydrogen (secondary N) is 1. The number of morpholine rings is 1. The summed E-state index contributed by atoms with van der Waals surface area (Å²) in [6.07, 6.45) is 1.03. The molecule has 7 nitrogen and oxygen atoms in total. The zero-order valence-corrected chi connectivity index (χ0v) is 17.3. The quantitative estimate of drug-likeness (QED) is 0.263. The second kappa shape index (κ2) is 12.2. The van der Waals surface area contributed by atoms with Gasteiger partial charge in [0.1, 0.15) is 0 Å². The van der Waals surface area contributed by atoms with Crippen LogP contribution in [0.3, 0.4) is 0 Å². The maximum Gasteiger partial charge on any atom is 0.188 e. The molecule has 1 heterocycles. The van der Waals surface area contributed by atoms with E-state index in [0.717, 1.165) is 51.4 Å². The van der Waals surface area contributed by atoms with Crippen LogP contribution in [0.1, 0.15) is 12.0 Å². The fourth-order valence-electron chi connectivity index (χ4n) is 2.65. The molecule has 142 valence electrons. The molecule has 1 saturated heterocycles. The number of ether oxygens (including phenoxy) is 3. The maximum absolute atomic E-state index is 5.94. The summed E-state index contributed by atoms with van der Waals surface area (Å²) in [7, 11) is 3.24. The lowest BCUT2D eigenvalue weighted by molar-refractivity contribution is 0.0376. The Balaban J connectivity index is 0.00000312. The molecule has 0 saturated carbocycles. The van der Waals surface area contributed by atoms with Gasteiger partial charge in [0, 0.05) is 25.2 Å². The molecule has 0 aliphatic carbocycles. The van der Waals surface area contributed by atoms with Crippen molar-refractivity contribution in [3.8, 4) is 11.5 Å². The monoisotopic (exact) mass is 464 g/mol. The van der Waals surface area contributed by atoms with Crippen molar-refractivity contribution >= 4 is 29.9 Å². The van der Waals surface area contributed by atoms with Crippen molar-refractivity contribution in [1.29, 1.82) is 0 Å². The highest BCUT2D eigenvalue weighted by Crippen LogP contribution is 2.30. The summed E-state index contributed by atoms with van der Waals surface area (Å²) in [4.78, 5) is 6.78. The van der Waals surface area contributed by atoms with Gasteiger partial charge < -0.3 is 25.3 Å². The minimum Gasteiger partial charge on any atom is -0.493 e. The van der Waals surface area contributed by atoms with Gasteiger partial charge in [-0.15, -0.1) is 24.0 Å². The first-order chi connectivity index (χ1) is 11.7. The van der Waals surface area contributed by atoms with E-state index in [9.17, 15) is 0 Å². The number of aliphatic imine (C=N–C) groups is 1. The van der Waals surface area contributed by atoms with Gasteiger partial charge in [-0.25, -0.2) is 4.99 Å². The van der Waals surface area contributed by atoms with Crippen molar-refractivity contribution in [1.82, 2.24) is 10.2 Å². The second-order valence-electron chi connectivity index (χ2n) is 5.59. The molecular weight excluding hydrogens is 435 g/mol. The number of guanidine groups is 1. The van der Waals surface area contributed by atoms with Gasteiger partial charge in [-0.2, -0.15) is 0 Å². The highest BCUT2D eigenvalue weighted by Gasteiger charge is 2.10. The van der Waals surface area contributed by atoms with Crippen molar-refractivity contribution in [3.63, 3.8) is 0 Å². The number of halogens is 1. The Kier molecular flexibility index (Phi) is 10.6. The van der Waals surface area contributed by atoms with Crippen LogP contribution in [-0.2, 0) is 11.3 Å². The number of methoxy groups -OCH3 is 2. The van der Waals surface area contributed by atoms with Crippen LogP contribution in [0.25, 0.3) is 0 Å². The lowest BCUT2D eigenvalue weighted by Crippen LogP contribution is -2.39. The Hall–Kier alpha value is -1.26. The largest absolute Gasteiger partial charge is 0.493 e. The zero-order valence-electron chi connectivity index (χ0n) is 15.0. The molecule has 2 rings (SSSR count). The molecule has 0 amide bonds. The number of hydrogen-bond acceptors (Lipinski definition) is 5. The number of hydrogen-bond donors (Lipinski definition) is 2. The summed E-state index contributed by atoms with van der Waals surface area (Å²) in [5.41, 5.74) is 6.88. The molecule has 1 fully saturated rings. The van der Waals surface area contributed by atoms with Crippen LogP contribution in [0, 0.1) is 0 Å². The second-order valence-corrected chi connectivity index (χ2v) is 5.59. The lowest BCUT2D eigenvalue weighted by Gasteiger charge is -2.26. The van der Waals surface area contributed by atoms with E-state index in [1.807, 2.05) is 18.2 Å². The van der Waals surface area contributed by atoms with Crippen molar-refractivity contribution in [2.75, 3.05) is 53.6 Å². The third-order valence-electron chi connectivity index (χ3n) is 3.97. The van der Waals surface area contributed by atoms with E-state index in [0.29, 0.717) is 24.0 Å². The Morgan fingerprint density at radius 1 is 1.28 bits per heavy atom. The molecule has 8 heteroatoms. The van der Waals surface area contributed by atoms with Gasteiger partial charge in [0.2, 0.25) is 0 Å². The molecular formula is C17H29IN4O3. The Morgan fingerprint density at radius 3 is 2.72 bits per heavy atom. The molecule has 25 heavy (non-hydrogen) atoms. The number of nitrogens with zero attached hydrogens (tertiary/aromatic N) is 2. The summed E-state index contributed by atoms with van der Waals surface area (Å²) < 4.78 is 16.0. The van der Waals surface area contributed by atoms with Gasteiger partial charge in [0.15, 0.2) is 17.5 Å². The third kappa shape index (κ3) is 7.25. The minimum atomic E-state index is 0. The van der Waals surface area contributed by atoms with E-state index in [4.69, 9.17) is 19.9 Å². The lowest BCUT2D eigenvalue weighted by atomic mass is 10.2. The number of benzene rings is 1. The standard InChI is InChI=1S/C17H28N4O3.HI/c1-22-15-6-3-5-14(16(15)23-2)13-20-17(18)19-7-4-8-21-9-11-24-12-10-21;/h3,5-6H,4,7-13H2,1-2H3,(H3,18,19,20);1H. The van der Waals surface area contributed by atoms with Crippen LogP contribution < -0.4 is 20.5 Å². The first-order valence-electron chi connectivity index (χ1n) is 8.28. The normalized spacial score (nSPS) is 15.4. The highest BCUT2D eigenvalue weighted by atomic mass is 127. The van der Waals surface area contributed by atoms with Gasteiger partial charge in [0.05, 0.1) is 34.0 Å². The van der Waals surface area contributed by atoms with E-state index in [1.54, 1.807) is 14.2 Å². The molecule has 0 atom stereocenters. The van der Waals surface area contributed by atoms with E-state index < -0.39 is 0 Å². The molecule has 1 aromatic carbocycles. The summed E-state index contributed by atoms with van der Waals surface area (Å²) >= 11 is 0. The molecule has 0 unspecified atom stereocenters. The average Bonchev–Trinajstić information content (AvgIpc) is 2.63. The summed E-state index contributed by atoms with van der Waals surface area (Å²) in [5.74, 6) is 1.84. The van der Waals surface area contributed by atoms with Crippen molar-refractivity contribution in [3.05, 3.63) is 23.8 Å². The van der Waals surface area contributed by atoms with Gasteiger partial charge in [-0.05, 0) is 19.0 Å². The van der Waals surface area contributed by atoms with Crippen LogP contribution in [-0.4, -0.2) is 64.5 Å². The molecule has 0 bridgehead atoms. The van der Waals surface area contributed by atoms with E-state index in [2.05, 4.69) is 15.2 Å².